The number of anilines is 1. The molecule has 3 amide bonds. The van der Waals surface area contributed by atoms with Gasteiger partial charge in [0.25, 0.3) is 11.8 Å². The minimum atomic E-state index is -0.312. The number of hydrogen-bond acceptors (Lipinski definition) is 5. The van der Waals surface area contributed by atoms with E-state index in [1.807, 2.05) is 24.3 Å². The van der Waals surface area contributed by atoms with Crippen molar-refractivity contribution in [3.8, 4) is 0 Å². The maximum atomic E-state index is 12.8. The fourth-order valence-electron chi connectivity index (χ4n) is 3.72. The molecule has 2 heterocycles. The van der Waals surface area contributed by atoms with Crippen molar-refractivity contribution < 1.29 is 19.1 Å². The van der Waals surface area contributed by atoms with Gasteiger partial charge in [0.1, 0.15) is 0 Å². The van der Waals surface area contributed by atoms with Gasteiger partial charge in [0.15, 0.2) is 0 Å². The molecular weight excluding hydrogens is 462 g/mol. The molecule has 172 valence electrons. The lowest BCUT2D eigenvalue weighted by atomic mass is 10.0. The van der Waals surface area contributed by atoms with E-state index < -0.39 is 0 Å². The smallest absolute Gasteiger partial charge is 0.409 e. The third-order valence-electron chi connectivity index (χ3n) is 5.48. The van der Waals surface area contributed by atoms with E-state index in [-0.39, 0.29) is 23.9 Å². The Balaban J connectivity index is 1.40. The first-order valence-electron chi connectivity index (χ1n) is 10.8. The number of amides is 3. The van der Waals surface area contributed by atoms with Gasteiger partial charge in [0, 0.05) is 34.6 Å². The van der Waals surface area contributed by atoms with Crippen molar-refractivity contribution in [2.24, 2.45) is 0 Å². The van der Waals surface area contributed by atoms with Crippen LogP contribution in [0.15, 0.2) is 52.3 Å². The molecule has 2 aliphatic rings. The Hall–Kier alpha value is -2.97. The second-order valence-electron chi connectivity index (χ2n) is 7.73. The zero-order valence-corrected chi connectivity index (χ0v) is 19.7. The molecule has 1 fully saturated rings. The Kier molecular flexibility index (Phi) is 7.25. The molecule has 7 nitrogen and oxygen atoms in total. The van der Waals surface area contributed by atoms with E-state index in [2.05, 4.69) is 10.6 Å². The average molecular weight is 486 g/mol. The van der Waals surface area contributed by atoms with Gasteiger partial charge in [-0.15, -0.1) is 0 Å². The second-order valence-corrected chi connectivity index (χ2v) is 9.22. The van der Waals surface area contributed by atoms with Crippen LogP contribution in [-0.2, 0) is 9.53 Å². The highest BCUT2D eigenvalue weighted by Gasteiger charge is 2.26. The van der Waals surface area contributed by atoms with Gasteiger partial charge in [-0.05, 0) is 55.7 Å². The molecule has 9 heteroatoms. The summed E-state index contributed by atoms with van der Waals surface area (Å²) in [5, 5.41) is 6.47. The van der Waals surface area contributed by atoms with Crippen molar-refractivity contribution in [3.05, 3.63) is 63.5 Å². The van der Waals surface area contributed by atoms with E-state index in [4.69, 9.17) is 16.3 Å². The first-order chi connectivity index (χ1) is 15.9. The van der Waals surface area contributed by atoms with Gasteiger partial charge < -0.3 is 20.3 Å². The van der Waals surface area contributed by atoms with Crippen LogP contribution in [0.25, 0.3) is 6.08 Å². The van der Waals surface area contributed by atoms with Gasteiger partial charge >= 0.3 is 6.09 Å². The van der Waals surface area contributed by atoms with Crippen LogP contribution in [0.1, 0.15) is 35.7 Å². The van der Waals surface area contributed by atoms with E-state index in [0.29, 0.717) is 53.7 Å². The van der Waals surface area contributed by atoms with Crippen LogP contribution in [0.3, 0.4) is 0 Å². The number of halogens is 1. The second kappa shape index (κ2) is 10.3. The molecule has 0 aliphatic carbocycles. The van der Waals surface area contributed by atoms with Crippen LogP contribution in [-0.4, -0.2) is 48.5 Å². The monoisotopic (exact) mass is 485 g/mol. The number of nitrogens with one attached hydrogen (secondary N) is 2. The summed E-state index contributed by atoms with van der Waals surface area (Å²) in [6, 6.07) is 12.6. The zero-order valence-electron chi connectivity index (χ0n) is 18.1. The number of piperidine rings is 1. The molecule has 33 heavy (non-hydrogen) atoms. The lowest BCUT2D eigenvalue weighted by Gasteiger charge is -2.31. The van der Waals surface area contributed by atoms with Crippen molar-refractivity contribution in [3.63, 3.8) is 0 Å². The fraction of sp³-hybridized carbons (Fsp3) is 0.292. The summed E-state index contributed by atoms with van der Waals surface area (Å²) in [4.78, 5) is 40.3. The number of carbonyl (C=O) groups is 3. The van der Waals surface area contributed by atoms with Crippen molar-refractivity contribution in [2.75, 3.05) is 25.0 Å². The normalized spacial score (nSPS) is 17.3. The topological polar surface area (TPSA) is 87.7 Å². The Labute approximate surface area is 201 Å². The number of carbonyl (C=O) groups excluding carboxylic acids is 3. The summed E-state index contributed by atoms with van der Waals surface area (Å²) in [7, 11) is 0. The van der Waals surface area contributed by atoms with Crippen LogP contribution < -0.4 is 10.6 Å². The SMILES string of the molecule is CCOC(=O)N1CCC(NC(=O)c2ccc3c(c2)NC(=O)C(=Cc2ccccc2Cl)S3)CC1. The molecule has 0 bridgehead atoms. The number of ether oxygens (including phenoxy) is 1. The van der Waals surface area contributed by atoms with Crippen molar-refractivity contribution in [1.29, 1.82) is 0 Å². The van der Waals surface area contributed by atoms with Crippen molar-refractivity contribution in [1.82, 2.24) is 10.2 Å². The molecule has 0 atom stereocenters. The third-order valence-corrected chi connectivity index (χ3v) is 6.92. The number of nitrogens with zero attached hydrogens (tertiary/aromatic N) is 1. The molecule has 2 aliphatic heterocycles. The van der Waals surface area contributed by atoms with Crippen molar-refractivity contribution in [2.45, 2.75) is 30.7 Å². The summed E-state index contributed by atoms with van der Waals surface area (Å²) in [5.74, 6) is -0.444. The first-order valence-corrected chi connectivity index (χ1v) is 12.0. The van der Waals surface area contributed by atoms with Gasteiger partial charge in [0.05, 0.1) is 17.2 Å². The van der Waals surface area contributed by atoms with Crippen LogP contribution in [0.5, 0.6) is 0 Å². The van der Waals surface area contributed by atoms with E-state index in [9.17, 15) is 14.4 Å². The third kappa shape index (κ3) is 5.51. The standard InChI is InChI=1S/C24H24ClN3O4S/c1-2-32-24(31)28-11-9-17(10-12-28)26-22(29)16-7-8-20-19(13-16)27-23(30)21(33-20)14-15-5-3-4-6-18(15)25/h3-8,13-14,17H,2,9-12H2,1H3,(H,26,29)(H,27,30). The number of thioether (sulfide) groups is 1. The quantitative estimate of drug-likeness (QED) is 0.609. The van der Waals surface area contributed by atoms with Crippen LogP contribution in [0.4, 0.5) is 10.5 Å². The van der Waals surface area contributed by atoms with Gasteiger partial charge in [0.2, 0.25) is 0 Å². The fourth-order valence-corrected chi connectivity index (χ4v) is 4.84. The predicted octanol–water partition coefficient (Wildman–Crippen LogP) is 4.78. The minimum absolute atomic E-state index is 0.0201. The first kappa shape index (κ1) is 23.2. The Bertz CT molecular complexity index is 1110. The maximum Gasteiger partial charge on any atom is 0.409 e. The number of rotatable bonds is 4. The molecule has 1 saturated heterocycles. The summed E-state index contributed by atoms with van der Waals surface area (Å²) >= 11 is 7.55. The Morgan fingerprint density at radius 3 is 2.73 bits per heavy atom. The highest BCUT2D eigenvalue weighted by atomic mass is 35.5. The number of benzene rings is 2. The van der Waals surface area contributed by atoms with Gasteiger partial charge in [-0.25, -0.2) is 4.79 Å². The molecule has 0 radical (unpaired) electrons. The number of hydrogen-bond donors (Lipinski definition) is 2. The predicted molar refractivity (Wildman–Crippen MR) is 129 cm³/mol. The summed E-state index contributed by atoms with van der Waals surface area (Å²) in [6.07, 6.45) is 2.78. The molecule has 0 saturated carbocycles. The van der Waals surface area contributed by atoms with E-state index in [1.165, 1.54) is 11.8 Å². The zero-order chi connectivity index (χ0) is 23.4. The van der Waals surface area contributed by atoms with Crippen molar-refractivity contribution >= 4 is 53.0 Å². The molecule has 0 unspecified atom stereocenters. The molecule has 2 aromatic carbocycles. The summed E-state index contributed by atoms with van der Waals surface area (Å²) < 4.78 is 5.03. The van der Waals surface area contributed by atoms with Gasteiger partial charge in [-0.1, -0.05) is 41.6 Å². The molecule has 4 rings (SSSR count). The largest absolute Gasteiger partial charge is 0.450 e. The Morgan fingerprint density at radius 1 is 1.24 bits per heavy atom. The summed E-state index contributed by atoms with van der Waals surface area (Å²) in [5.41, 5.74) is 1.84. The summed E-state index contributed by atoms with van der Waals surface area (Å²) in [6.45, 7) is 3.21. The molecule has 0 spiro atoms. The van der Waals surface area contributed by atoms with E-state index in [0.717, 1.165) is 10.5 Å². The van der Waals surface area contributed by atoms with E-state index in [1.54, 1.807) is 36.1 Å². The molecule has 2 N–H and O–H groups in total. The minimum Gasteiger partial charge on any atom is -0.450 e. The van der Waals surface area contributed by atoms with E-state index >= 15 is 0 Å². The average Bonchev–Trinajstić information content (AvgIpc) is 2.81. The lowest BCUT2D eigenvalue weighted by Crippen LogP contribution is -2.46. The van der Waals surface area contributed by atoms with Crippen LogP contribution >= 0.6 is 23.4 Å². The lowest BCUT2D eigenvalue weighted by molar-refractivity contribution is -0.112. The highest BCUT2D eigenvalue weighted by Crippen LogP contribution is 2.39. The van der Waals surface area contributed by atoms with Gasteiger partial charge in [-0.3, -0.25) is 9.59 Å². The molecule has 2 aromatic rings. The Morgan fingerprint density at radius 2 is 2.00 bits per heavy atom. The van der Waals surface area contributed by atoms with Crippen LogP contribution in [0.2, 0.25) is 5.02 Å². The van der Waals surface area contributed by atoms with Gasteiger partial charge in [-0.2, -0.15) is 0 Å². The number of likely N-dealkylation sites (tertiary alicyclic amines) is 1. The highest BCUT2D eigenvalue weighted by molar-refractivity contribution is 8.04. The maximum absolute atomic E-state index is 12.8. The molecular formula is C24H24ClN3O4S. The van der Waals surface area contributed by atoms with Crippen LogP contribution in [0, 0.1) is 0 Å². The molecule has 0 aromatic heterocycles. The number of fused-ring (bicyclic) bond motifs is 1.